The topological polar surface area (TPSA) is 90.5 Å². The minimum atomic E-state index is -1.22. The molecule has 2 unspecified atom stereocenters. The normalized spacial score (nSPS) is 12.7. The second-order valence-electron chi connectivity index (χ2n) is 7.06. The molecular formula is C22H28FN3O3. The first kappa shape index (κ1) is 22.4. The lowest BCUT2D eigenvalue weighted by atomic mass is 10.1. The smallest absolute Gasteiger partial charge is 0.252 e. The molecule has 2 atom stereocenters. The van der Waals surface area contributed by atoms with Gasteiger partial charge in [-0.3, -0.25) is 14.8 Å². The van der Waals surface area contributed by atoms with Gasteiger partial charge in [-0.25, -0.2) is 9.87 Å². The minimum absolute atomic E-state index is 0.0439. The van der Waals surface area contributed by atoms with Crippen LogP contribution in [0, 0.1) is 13.8 Å². The molecule has 0 fully saturated rings. The van der Waals surface area contributed by atoms with Crippen molar-refractivity contribution >= 4 is 17.5 Å². The Hall–Kier alpha value is -2.93. The fourth-order valence-electron chi connectivity index (χ4n) is 3.12. The maximum Gasteiger partial charge on any atom is 0.252 e. The summed E-state index contributed by atoms with van der Waals surface area (Å²) in [4.78, 5) is 23.7. The Labute approximate surface area is 170 Å². The highest BCUT2D eigenvalue weighted by Gasteiger charge is 2.20. The molecule has 6 nitrogen and oxygen atoms in total. The third kappa shape index (κ3) is 7.19. The van der Waals surface area contributed by atoms with Gasteiger partial charge >= 0.3 is 0 Å². The van der Waals surface area contributed by atoms with Crippen molar-refractivity contribution < 1.29 is 19.2 Å². The predicted octanol–water partition coefficient (Wildman–Crippen LogP) is 3.88. The molecule has 2 amide bonds. The van der Waals surface area contributed by atoms with Gasteiger partial charge in [-0.2, -0.15) is 0 Å². The fourth-order valence-corrected chi connectivity index (χ4v) is 3.12. The Morgan fingerprint density at radius 2 is 1.69 bits per heavy atom. The largest absolute Gasteiger partial charge is 0.365 e. The molecule has 0 saturated heterocycles. The molecule has 0 aliphatic heterocycles. The van der Waals surface area contributed by atoms with E-state index < -0.39 is 18.2 Å². The number of halogens is 1. The van der Waals surface area contributed by atoms with Crippen LogP contribution in [0.2, 0.25) is 0 Å². The molecule has 0 aromatic heterocycles. The van der Waals surface area contributed by atoms with Gasteiger partial charge in [-0.1, -0.05) is 36.4 Å². The van der Waals surface area contributed by atoms with E-state index in [1.54, 1.807) is 24.3 Å². The zero-order valence-electron chi connectivity index (χ0n) is 16.7. The van der Waals surface area contributed by atoms with E-state index in [0.29, 0.717) is 12.0 Å². The molecule has 0 aliphatic rings. The number of hydroxylamine groups is 1. The third-order valence-corrected chi connectivity index (χ3v) is 4.68. The average molecular weight is 401 g/mol. The zero-order valence-corrected chi connectivity index (χ0v) is 16.7. The molecule has 2 rings (SSSR count). The summed E-state index contributed by atoms with van der Waals surface area (Å²) in [5.74, 6) is -0.832. The van der Waals surface area contributed by atoms with Crippen molar-refractivity contribution in [3.8, 4) is 0 Å². The van der Waals surface area contributed by atoms with Gasteiger partial charge in [0.05, 0.1) is 0 Å². The van der Waals surface area contributed by atoms with Gasteiger partial charge in [0.2, 0.25) is 5.91 Å². The van der Waals surface area contributed by atoms with Gasteiger partial charge in [0.15, 0.2) is 0 Å². The Bertz CT molecular complexity index is 794. The number of hydrogen-bond donors (Lipinski definition) is 4. The van der Waals surface area contributed by atoms with E-state index in [-0.39, 0.29) is 25.2 Å². The lowest BCUT2D eigenvalue weighted by Crippen LogP contribution is -2.42. The summed E-state index contributed by atoms with van der Waals surface area (Å²) in [6, 6.07) is 14.6. The number of rotatable bonds is 10. The van der Waals surface area contributed by atoms with Crippen LogP contribution in [-0.2, 0) is 4.79 Å². The van der Waals surface area contributed by atoms with Gasteiger partial charge < -0.3 is 10.6 Å². The molecule has 4 N–H and O–H groups in total. The van der Waals surface area contributed by atoms with Crippen LogP contribution in [0.5, 0.6) is 0 Å². The second kappa shape index (κ2) is 11.2. The molecule has 2 aromatic rings. The highest BCUT2D eigenvalue weighted by atomic mass is 19.1. The molecule has 156 valence electrons. The van der Waals surface area contributed by atoms with Crippen LogP contribution in [0.1, 0.15) is 47.2 Å². The summed E-state index contributed by atoms with van der Waals surface area (Å²) >= 11 is 0. The van der Waals surface area contributed by atoms with E-state index in [9.17, 15) is 14.0 Å². The Morgan fingerprint density at radius 1 is 1.03 bits per heavy atom. The fraction of sp³-hybridized carbons (Fsp3) is 0.364. The Kier molecular flexibility index (Phi) is 8.61. The quantitative estimate of drug-likeness (QED) is 0.276. The van der Waals surface area contributed by atoms with Crippen molar-refractivity contribution in [2.45, 2.75) is 51.9 Å². The van der Waals surface area contributed by atoms with Crippen molar-refractivity contribution in [3.05, 3.63) is 65.2 Å². The van der Waals surface area contributed by atoms with E-state index in [2.05, 4.69) is 10.6 Å². The first-order valence-corrected chi connectivity index (χ1v) is 9.66. The van der Waals surface area contributed by atoms with Crippen LogP contribution < -0.4 is 16.1 Å². The molecule has 0 bridgehead atoms. The number of para-hydroxylation sites is 1. The number of carbonyl (C=O) groups excluding carboxylic acids is 2. The predicted molar refractivity (Wildman–Crippen MR) is 111 cm³/mol. The van der Waals surface area contributed by atoms with Crippen molar-refractivity contribution in [3.63, 3.8) is 0 Å². The number of alkyl halides is 1. The van der Waals surface area contributed by atoms with Gasteiger partial charge in [0.25, 0.3) is 5.91 Å². The zero-order chi connectivity index (χ0) is 21.2. The molecule has 29 heavy (non-hydrogen) atoms. The SMILES string of the molecule is Cc1cccc(C)c1NC(CC(F)CCCC(=O)NO)NC(=O)c1ccccc1. The lowest BCUT2D eigenvalue weighted by Gasteiger charge is -2.25. The first-order chi connectivity index (χ1) is 13.9. The van der Waals surface area contributed by atoms with Crippen LogP contribution in [0.4, 0.5) is 10.1 Å². The number of nitrogens with one attached hydrogen (secondary N) is 3. The monoisotopic (exact) mass is 401 g/mol. The van der Waals surface area contributed by atoms with E-state index in [1.807, 2.05) is 38.1 Å². The molecule has 0 saturated carbocycles. The molecule has 0 aliphatic carbocycles. The van der Waals surface area contributed by atoms with Crippen LogP contribution in [0.25, 0.3) is 0 Å². The van der Waals surface area contributed by atoms with Crippen molar-refractivity contribution in [2.24, 2.45) is 0 Å². The minimum Gasteiger partial charge on any atom is -0.365 e. The molecule has 0 heterocycles. The van der Waals surface area contributed by atoms with Gasteiger partial charge in [0, 0.05) is 24.1 Å². The number of hydrogen-bond acceptors (Lipinski definition) is 4. The standard InChI is InChI=1S/C22H28FN3O3/c1-15-8-6-9-16(2)21(15)24-19(14-18(23)12-7-13-20(27)26-29)25-22(28)17-10-4-3-5-11-17/h3-6,8-11,18-19,24,29H,7,12-14H2,1-2H3,(H,25,28)(H,26,27). The van der Waals surface area contributed by atoms with Crippen molar-refractivity contribution in [1.29, 1.82) is 0 Å². The summed E-state index contributed by atoms with van der Waals surface area (Å²) in [6.07, 6.45) is -1.30. The van der Waals surface area contributed by atoms with Gasteiger partial charge in [-0.05, 0) is 49.9 Å². The van der Waals surface area contributed by atoms with Gasteiger partial charge in [0.1, 0.15) is 12.3 Å². The van der Waals surface area contributed by atoms with Gasteiger partial charge in [-0.15, -0.1) is 0 Å². The maximum absolute atomic E-state index is 14.6. The molecule has 7 heteroatoms. The highest BCUT2D eigenvalue weighted by molar-refractivity contribution is 5.94. The highest BCUT2D eigenvalue weighted by Crippen LogP contribution is 2.22. The number of benzene rings is 2. The number of aryl methyl sites for hydroxylation is 2. The number of carbonyl (C=O) groups is 2. The van der Waals surface area contributed by atoms with Crippen LogP contribution in [-0.4, -0.2) is 29.4 Å². The molecule has 0 radical (unpaired) electrons. The van der Waals surface area contributed by atoms with E-state index >= 15 is 0 Å². The van der Waals surface area contributed by atoms with E-state index in [4.69, 9.17) is 5.21 Å². The third-order valence-electron chi connectivity index (χ3n) is 4.68. The average Bonchev–Trinajstić information content (AvgIpc) is 2.71. The number of amides is 2. The summed E-state index contributed by atoms with van der Waals surface area (Å²) in [7, 11) is 0. The Balaban J connectivity index is 2.08. The molecule has 2 aromatic carbocycles. The summed E-state index contributed by atoms with van der Waals surface area (Å²) in [5, 5.41) is 14.7. The second-order valence-corrected chi connectivity index (χ2v) is 7.06. The van der Waals surface area contributed by atoms with Crippen molar-refractivity contribution in [1.82, 2.24) is 10.8 Å². The Morgan fingerprint density at radius 3 is 2.31 bits per heavy atom. The lowest BCUT2D eigenvalue weighted by molar-refractivity contribution is -0.129. The molecular weight excluding hydrogens is 373 g/mol. The summed E-state index contributed by atoms with van der Waals surface area (Å²) in [5.41, 5.74) is 4.89. The number of anilines is 1. The van der Waals surface area contributed by atoms with E-state index in [1.165, 1.54) is 5.48 Å². The van der Waals surface area contributed by atoms with E-state index in [0.717, 1.165) is 16.8 Å². The van der Waals surface area contributed by atoms with Crippen LogP contribution in [0.3, 0.4) is 0 Å². The maximum atomic E-state index is 14.6. The van der Waals surface area contributed by atoms with Crippen molar-refractivity contribution in [2.75, 3.05) is 5.32 Å². The summed E-state index contributed by atoms with van der Waals surface area (Å²) in [6.45, 7) is 3.90. The first-order valence-electron chi connectivity index (χ1n) is 9.66. The summed E-state index contributed by atoms with van der Waals surface area (Å²) < 4.78 is 14.6. The molecule has 0 spiro atoms. The van der Waals surface area contributed by atoms with Crippen LogP contribution in [0.15, 0.2) is 48.5 Å². The van der Waals surface area contributed by atoms with Crippen LogP contribution >= 0.6 is 0 Å².